The van der Waals surface area contributed by atoms with Crippen molar-refractivity contribution in [2.24, 2.45) is 5.92 Å². The summed E-state index contributed by atoms with van der Waals surface area (Å²) < 4.78 is 39.6. The van der Waals surface area contributed by atoms with E-state index < -0.39 is 40.9 Å². The van der Waals surface area contributed by atoms with Gasteiger partial charge in [0.1, 0.15) is 28.9 Å². The summed E-state index contributed by atoms with van der Waals surface area (Å²) >= 11 is 0. The maximum Gasteiger partial charge on any atom is 0.408 e. The fourth-order valence-electron chi connectivity index (χ4n) is 3.20. The number of ether oxygens (including phenoxy) is 2. The fraction of sp³-hybridized carbons (Fsp3) is 0.450. The maximum atomic E-state index is 14.7. The molecule has 28 heavy (non-hydrogen) atoms. The number of hydrogen-bond donors (Lipinski definition) is 1. The molecule has 1 N–H and O–H groups in total. The molecule has 1 aromatic rings. The van der Waals surface area contributed by atoms with Crippen molar-refractivity contribution in [3.8, 4) is 12.1 Å². The van der Waals surface area contributed by atoms with Gasteiger partial charge in [-0.15, -0.1) is 0 Å². The predicted molar refractivity (Wildman–Crippen MR) is 95.6 cm³/mol. The van der Waals surface area contributed by atoms with Crippen LogP contribution < -0.4 is 5.32 Å². The first-order chi connectivity index (χ1) is 13.0. The highest BCUT2D eigenvalue weighted by Crippen LogP contribution is 2.42. The van der Waals surface area contributed by atoms with Gasteiger partial charge in [-0.1, -0.05) is 12.1 Å². The van der Waals surface area contributed by atoms with Gasteiger partial charge < -0.3 is 14.8 Å². The standard InChI is InChI=1S/C20H21F2N3O3/c1-12-15(8-13(9-23)10-24)20(11-27-12,25-18(26)28-19(2,3)4)14-6-5-7-16(21)17(14)22/h5-8,12,15H,11H2,1-4H3,(H,25,26)/t12-,15-,20-/m1/s1. The van der Waals surface area contributed by atoms with Crippen LogP contribution in [-0.2, 0) is 15.0 Å². The molecular formula is C20H21F2N3O3. The van der Waals surface area contributed by atoms with E-state index in [2.05, 4.69) is 5.32 Å². The van der Waals surface area contributed by atoms with Crippen molar-refractivity contribution >= 4 is 6.09 Å². The van der Waals surface area contributed by atoms with Crippen molar-refractivity contribution < 1.29 is 23.0 Å². The second kappa shape index (κ2) is 7.95. The zero-order valence-electron chi connectivity index (χ0n) is 16.0. The Labute approximate surface area is 162 Å². The number of carbonyl (C=O) groups is 1. The Bertz CT molecular complexity index is 864. The van der Waals surface area contributed by atoms with Crippen molar-refractivity contribution in [2.75, 3.05) is 6.61 Å². The summed E-state index contributed by atoms with van der Waals surface area (Å²) in [6, 6.07) is 7.08. The Morgan fingerprint density at radius 2 is 2.00 bits per heavy atom. The third kappa shape index (κ3) is 4.29. The molecular weight excluding hydrogens is 368 g/mol. The SMILES string of the molecule is C[C@H]1OC[C@@](NC(=O)OC(C)(C)C)(c2cccc(F)c2F)[C@@H]1C=C(C#N)C#N. The maximum absolute atomic E-state index is 14.7. The molecule has 0 saturated carbocycles. The Balaban J connectivity index is 2.64. The van der Waals surface area contributed by atoms with E-state index in [-0.39, 0.29) is 17.7 Å². The van der Waals surface area contributed by atoms with E-state index in [1.807, 2.05) is 0 Å². The van der Waals surface area contributed by atoms with Crippen LogP contribution in [0.4, 0.5) is 13.6 Å². The number of rotatable bonds is 3. The molecule has 0 aromatic heterocycles. The van der Waals surface area contributed by atoms with Crippen molar-refractivity contribution in [1.82, 2.24) is 5.32 Å². The number of benzene rings is 1. The lowest BCUT2D eigenvalue weighted by molar-refractivity contribution is 0.0419. The molecule has 6 nitrogen and oxygen atoms in total. The van der Waals surface area contributed by atoms with Crippen LogP contribution in [0, 0.1) is 40.2 Å². The number of hydrogen-bond acceptors (Lipinski definition) is 5. The molecule has 1 aromatic carbocycles. The number of allylic oxidation sites excluding steroid dienone is 1. The summed E-state index contributed by atoms with van der Waals surface area (Å²) in [5.41, 5.74) is -2.77. The quantitative estimate of drug-likeness (QED) is 0.796. The van der Waals surface area contributed by atoms with Crippen LogP contribution in [0.2, 0.25) is 0 Å². The number of nitrogens with one attached hydrogen (secondary N) is 1. The van der Waals surface area contributed by atoms with Crippen LogP contribution in [0.1, 0.15) is 33.3 Å². The Morgan fingerprint density at radius 1 is 1.36 bits per heavy atom. The zero-order valence-corrected chi connectivity index (χ0v) is 16.0. The minimum Gasteiger partial charge on any atom is -0.444 e. The van der Waals surface area contributed by atoms with E-state index in [0.717, 1.165) is 6.07 Å². The molecule has 2 rings (SSSR count). The van der Waals surface area contributed by atoms with Crippen LogP contribution in [0.15, 0.2) is 29.8 Å². The van der Waals surface area contributed by atoms with Crippen molar-refractivity contribution in [3.63, 3.8) is 0 Å². The van der Waals surface area contributed by atoms with Crippen LogP contribution >= 0.6 is 0 Å². The zero-order chi connectivity index (χ0) is 21.1. The molecule has 1 saturated heterocycles. The second-order valence-corrected chi connectivity index (χ2v) is 7.55. The van der Waals surface area contributed by atoms with Gasteiger partial charge in [-0.3, -0.25) is 0 Å². The highest BCUT2D eigenvalue weighted by atomic mass is 19.2. The van der Waals surface area contributed by atoms with E-state index in [9.17, 15) is 13.6 Å². The molecule has 0 radical (unpaired) electrons. The summed E-state index contributed by atoms with van der Waals surface area (Å²) in [6.07, 6.45) is -0.142. The van der Waals surface area contributed by atoms with Crippen LogP contribution in [0.3, 0.4) is 0 Å². The summed E-state index contributed by atoms with van der Waals surface area (Å²) in [5.74, 6) is -3.05. The largest absolute Gasteiger partial charge is 0.444 e. The van der Waals surface area contributed by atoms with E-state index in [0.29, 0.717) is 0 Å². The third-order valence-electron chi connectivity index (χ3n) is 4.39. The van der Waals surface area contributed by atoms with Gasteiger partial charge in [-0.25, -0.2) is 13.6 Å². The average Bonchev–Trinajstić information content (AvgIpc) is 2.90. The second-order valence-electron chi connectivity index (χ2n) is 7.55. The summed E-state index contributed by atoms with van der Waals surface area (Å²) in [5, 5.41) is 20.8. The molecule has 3 atom stereocenters. The lowest BCUT2D eigenvalue weighted by Crippen LogP contribution is -2.53. The highest BCUT2D eigenvalue weighted by Gasteiger charge is 2.52. The number of nitrogens with zero attached hydrogens (tertiary/aromatic N) is 2. The van der Waals surface area contributed by atoms with Gasteiger partial charge in [-0.05, 0) is 39.8 Å². The molecule has 0 unspecified atom stereocenters. The Hall–Kier alpha value is -2.97. The summed E-state index contributed by atoms with van der Waals surface area (Å²) in [7, 11) is 0. The van der Waals surface area contributed by atoms with Crippen molar-refractivity contribution in [1.29, 1.82) is 10.5 Å². The van der Waals surface area contributed by atoms with E-state index in [1.165, 1.54) is 18.2 Å². The molecule has 1 aliphatic heterocycles. The monoisotopic (exact) mass is 389 g/mol. The van der Waals surface area contributed by atoms with E-state index in [4.69, 9.17) is 20.0 Å². The molecule has 148 valence electrons. The summed E-state index contributed by atoms with van der Waals surface area (Å²) in [4.78, 5) is 12.5. The van der Waals surface area contributed by atoms with E-state index >= 15 is 0 Å². The lowest BCUT2D eigenvalue weighted by atomic mass is 9.77. The number of nitriles is 2. The molecule has 0 aliphatic carbocycles. The van der Waals surface area contributed by atoms with Crippen LogP contribution in [-0.4, -0.2) is 24.4 Å². The van der Waals surface area contributed by atoms with Gasteiger partial charge in [0.15, 0.2) is 11.6 Å². The van der Waals surface area contributed by atoms with Gasteiger partial charge in [0.05, 0.1) is 12.7 Å². The molecule has 0 spiro atoms. The minimum absolute atomic E-state index is 0.154. The van der Waals surface area contributed by atoms with Crippen LogP contribution in [0.25, 0.3) is 0 Å². The first kappa shape index (κ1) is 21.3. The van der Waals surface area contributed by atoms with Crippen LogP contribution in [0.5, 0.6) is 0 Å². The predicted octanol–water partition coefficient (Wildman–Crippen LogP) is 3.69. The third-order valence-corrected chi connectivity index (χ3v) is 4.39. The van der Waals surface area contributed by atoms with Gasteiger partial charge in [0.2, 0.25) is 0 Å². The first-order valence-corrected chi connectivity index (χ1v) is 8.63. The number of amides is 1. The number of alkyl carbamates (subject to hydrolysis) is 1. The van der Waals surface area contributed by atoms with Gasteiger partial charge in [-0.2, -0.15) is 10.5 Å². The van der Waals surface area contributed by atoms with Gasteiger partial charge >= 0.3 is 6.09 Å². The fourth-order valence-corrected chi connectivity index (χ4v) is 3.20. The lowest BCUT2D eigenvalue weighted by Gasteiger charge is -2.35. The van der Waals surface area contributed by atoms with Crippen molar-refractivity contribution in [3.05, 3.63) is 47.0 Å². The van der Waals surface area contributed by atoms with Crippen molar-refractivity contribution in [2.45, 2.75) is 44.9 Å². The normalized spacial score (nSPS) is 24.0. The Morgan fingerprint density at radius 3 is 2.57 bits per heavy atom. The van der Waals surface area contributed by atoms with Gasteiger partial charge in [0.25, 0.3) is 0 Å². The molecule has 8 heteroatoms. The molecule has 1 aliphatic rings. The number of halogens is 2. The summed E-state index contributed by atoms with van der Waals surface area (Å²) in [6.45, 7) is 6.45. The van der Waals surface area contributed by atoms with Gasteiger partial charge in [0, 0.05) is 11.5 Å². The average molecular weight is 389 g/mol. The van der Waals surface area contributed by atoms with E-state index in [1.54, 1.807) is 39.8 Å². The molecule has 1 fully saturated rings. The first-order valence-electron chi connectivity index (χ1n) is 8.63. The topological polar surface area (TPSA) is 95.1 Å². The molecule has 1 heterocycles. The molecule has 0 bridgehead atoms. The highest BCUT2D eigenvalue weighted by molar-refractivity contribution is 5.70. The number of carbonyl (C=O) groups excluding carboxylic acids is 1. The Kier molecular flexibility index (Phi) is 6.06. The minimum atomic E-state index is -1.56. The smallest absolute Gasteiger partial charge is 0.408 e. The molecule has 1 amide bonds.